The zero-order valence-corrected chi connectivity index (χ0v) is 25.7. The Hall–Kier alpha value is -5.08. The predicted molar refractivity (Wildman–Crippen MR) is 174 cm³/mol. The molecule has 0 fully saturated rings. The van der Waals surface area contributed by atoms with Gasteiger partial charge in [0, 0.05) is 21.7 Å². The minimum atomic E-state index is -0.930. The van der Waals surface area contributed by atoms with E-state index in [1.807, 2.05) is 91.9 Å². The number of Topliss-reactive ketones (excluding diaryl/α,β-unsaturated/α-hetero) is 1. The summed E-state index contributed by atoms with van der Waals surface area (Å²) in [5.74, 6) is -1.45. The van der Waals surface area contributed by atoms with E-state index in [0.29, 0.717) is 22.6 Å². The van der Waals surface area contributed by atoms with Gasteiger partial charge in [-0.2, -0.15) is 0 Å². The zero-order chi connectivity index (χ0) is 31.8. The molecule has 0 bridgehead atoms. The molecule has 0 aliphatic carbocycles. The summed E-state index contributed by atoms with van der Waals surface area (Å²) in [5.41, 5.74) is 3.81. The van der Waals surface area contributed by atoms with E-state index in [1.165, 1.54) is 0 Å². The Bertz CT molecular complexity index is 1760. The fraction of sp³-hybridized carbons (Fsp3) is 0.194. The number of hydrogen-bond donors (Lipinski definition) is 2. The summed E-state index contributed by atoms with van der Waals surface area (Å²) in [4.78, 5) is 40.5. The molecule has 1 aromatic heterocycles. The van der Waals surface area contributed by atoms with Gasteiger partial charge < -0.3 is 15.1 Å². The van der Waals surface area contributed by atoms with Crippen LogP contribution in [0.3, 0.4) is 0 Å². The van der Waals surface area contributed by atoms with Crippen LogP contribution in [0.15, 0.2) is 114 Å². The Labute approximate surface area is 266 Å². The van der Waals surface area contributed by atoms with Crippen molar-refractivity contribution in [1.82, 2.24) is 20.8 Å². The van der Waals surface area contributed by atoms with Gasteiger partial charge in [0.25, 0.3) is 11.8 Å². The van der Waals surface area contributed by atoms with Crippen molar-refractivity contribution in [3.05, 3.63) is 131 Å². The molecule has 228 valence electrons. The maximum absolute atomic E-state index is 13.7. The summed E-state index contributed by atoms with van der Waals surface area (Å²) in [6.07, 6.45) is 0.592. The minimum absolute atomic E-state index is 0.0648. The molecule has 1 heterocycles. The number of hydrogen-bond acceptors (Lipinski definition) is 6. The molecule has 0 aliphatic heterocycles. The standard InChI is InChI=1S/C36H33ClN4O4/c1-3-30(32(42)36-41-40-35(45-36)27-14-8-5-9-15-27)38-34(44)31(22-23(2)24-12-6-4-7-13-24)39-33(43)26-20-18-25(19-21-26)28-16-10-11-17-29(28)37/h4-21,23,30-31H,3,22H2,1-2H3,(H,38,44)(H,39,43)/t23-,30?,31+/m0/s1. The van der Waals surface area contributed by atoms with Crippen molar-refractivity contribution in [2.24, 2.45) is 0 Å². The second-order valence-electron chi connectivity index (χ2n) is 10.7. The van der Waals surface area contributed by atoms with Crippen LogP contribution in [-0.4, -0.2) is 39.9 Å². The summed E-state index contributed by atoms with van der Waals surface area (Å²) in [6, 6.07) is 31.5. The van der Waals surface area contributed by atoms with Gasteiger partial charge in [-0.05, 0) is 60.2 Å². The average molecular weight is 621 g/mol. The topological polar surface area (TPSA) is 114 Å². The van der Waals surface area contributed by atoms with Crippen LogP contribution in [0.4, 0.5) is 0 Å². The molecule has 0 aliphatic rings. The fourth-order valence-corrected chi connectivity index (χ4v) is 5.28. The monoisotopic (exact) mass is 620 g/mol. The van der Waals surface area contributed by atoms with Crippen molar-refractivity contribution < 1.29 is 18.8 Å². The highest BCUT2D eigenvalue weighted by Crippen LogP contribution is 2.28. The molecule has 4 aromatic carbocycles. The number of carbonyl (C=O) groups is 3. The summed E-state index contributed by atoms with van der Waals surface area (Å²) in [7, 11) is 0. The van der Waals surface area contributed by atoms with Crippen LogP contribution >= 0.6 is 11.6 Å². The first-order valence-electron chi connectivity index (χ1n) is 14.8. The van der Waals surface area contributed by atoms with Gasteiger partial charge in [0.1, 0.15) is 6.04 Å². The van der Waals surface area contributed by atoms with Crippen molar-refractivity contribution in [3.63, 3.8) is 0 Å². The van der Waals surface area contributed by atoms with E-state index in [4.69, 9.17) is 16.0 Å². The highest BCUT2D eigenvalue weighted by molar-refractivity contribution is 6.33. The molecule has 5 aromatic rings. The molecule has 0 spiro atoms. The Morgan fingerprint density at radius 3 is 2.07 bits per heavy atom. The van der Waals surface area contributed by atoms with Gasteiger partial charge in [-0.15, -0.1) is 10.2 Å². The lowest BCUT2D eigenvalue weighted by molar-refractivity contribution is -0.123. The van der Waals surface area contributed by atoms with Crippen molar-refractivity contribution in [2.45, 2.75) is 44.7 Å². The number of benzene rings is 4. The molecule has 2 amide bonds. The molecule has 5 rings (SSSR count). The first-order chi connectivity index (χ1) is 21.8. The van der Waals surface area contributed by atoms with Crippen LogP contribution in [0.25, 0.3) is 22.6 Å². The molecule has 1 unspecified atom stereocenters. The number of carbonyl (C=O) groups excluding carboxylic acids is 3. The zero-order valence-electron chi connectivity index (χ0n) is 24.9. The first kappa shape index (κ1) is 31.3. The van der Waals surface area contributed by atoms with E-state index in [9.17, 15) is 14.4 Å². The molecule has 0 saturated carbocycles. The number of nitrogens with zero attached hydrogens (tertiary/aromatic N) is 2. The predicted octanol–water partition coefficient (Wildman–Crippen LogP) is 7.13. The lowest BCUT2D eigenvalue weighted by atomic mass is 9.93. The third kappa shape index (κ3) is 7.72. The van der Waals surface area contributed by atoms with E-state index in [0.717, 1.165) is 16.7 Å². The number of aromatic nitrogens is 2. The first-order valence-corrected chi connectivity index (χ1v) is 15.2. The second-order valence-corrected chi connectivity index (χ2v) is 11.1. The summed E-state index contributed by atoms with van der Waals surface area (Å²) >= 11 is 6.35. The summed E-state index contributed by atoms with van der Waals surface area (Å²) in [5, 5.41) is 14.3. The van der Waals surface area contributed by atoms with Gasteiger partial charge in [-0.3, -0.25) is 14.4 Å². The fourth-order valence-electron chi connectivity index (χ4n) is 5.04. The maximum Gasteiger partial charge on any atom is 0.286 e. The molecule has 8 nitrogen and oxygen atoms in total. The number of rotatable bonds is 12. The van der Waals surface area contributed by atoms with Crippen molar-refractivity contribution in [3.8, 4) is 22.6 Å². The Kier molecular flexibility index (Phi) is 10.2. The third-order valence-electron chi connectivity index (χ3n) is 7.61. The van der Waals surface area contributed by atoms with E-state index >= 15 is 0 Å². The molecule has 0 radical (unpaired) electrons. The largest absolute Gasteiger partial charge is 0.414 e. The Morgan fingerprint density at radius 2 is 1.40 bits per heavy atom. The van der Waals surface area contributed by atoms with E-state index in [1.54, 1.807) is 31.2 Å². The van der Waals surface area contributed by atoms with Gasteiger partial charge in [-0.25, -0.2) is 0 Å². The SMILES string of the molecule is CCC(NC(=O)[C@@H](C[C@H](C)c1ccccc1)NC(=O)c1ccc(-c2ccccc2Cl)cc1)C(=O)c1nnc(-c2ccccc2)o1. The van der Waals surface area contributed by atoms with Crippen LogP contribution < -0.4 is 10.6 Å². The van der Waals surface area contributed by atoms with E-state index < -0.39 is 29.7 Å². The van der Waals surface area contributed by atoms with Gasteiger partial charge in [0.15, 0.2) is 0 Å². The third-order valence-corrected chi connectivity index (χ3v) is 7.94. The molecular formula is C36H33ClN4O4. The van der Waals surface area contributed by atoms with Crippen LogP contribution in [0, 0.1) is 0 Å². The quantitative estimate of drug-likeness (QED) is 0.143. The molecule has 3 atom stereocenters. The highest BCUT2D eigenvalue weighted by atomic mass is 35.5. The van der Waals surface area contributed by atoms with Gasteiger partial charge >= 0.3 is 0 Å². The molecule has 2 N–H and O–H groups in total. The number of nitrogens with one attached hydrogen (secondary N) is 2. The maximum atomic E-state index is 13.7. The molecule has 0 saturated heterocycles. The minimum Gasteiger partial charge on any atom is -0.414 e. The average Bonchev–Trinajstić information content (AvgIpc) is 3.58. The van der Waals surface area contributed by atoms with Crippen LogP contribution in [0.1, 0.15) is 59.2 Å². The van der Waals surface area contributed by atoms with Crippen LogP contribution in [0.2, 0.25) is 5.02 Å². The van der Waals surface area contributed by atoms with Crippen molar-refractivity contribution in [2.75, 3.05) is 0 Å². The van der Waals surface area contributed by atoms with Crippen molar-refractivity contribution >= 4 is 29.2 Å². The van der Waals surface area contributed by atoms with Gasteiger partial charge in [0.05, 0.1) is 6.04 Å². The normalized spacial score (nSPS) is 13.0. The van der Waals surface area contributed by atoms with Crippen molar-refractivity contribution in [1.29, 1.82) is 0 Å². The highest BCUT2D eigenvalue weighted by Gasteiger charge is 2.30. The van der Waals surface area contributed by atoms with Gasteiger partial charge in [0.2, 0.25) is 17.6 Å². The van der Waals surface area contributed by atoms with E-state index in [-0.39, 0.29) is 24.1 Å². The van der Waals surface area contributed by atoms with E-state index in [2.05, 4.69) is 20.8 Å². The van der Waals surface area contributed by atoms with Crippen LogP contribution in [-0.2, 0) is 4.79 Å². The molecular weight excluding hydrogens is 588 g/mol. The van der Waals surface area contributed by atoms with Crippen LogP contribution in [0.5, 0.6) is 0 Å². The number of halogens is 1. The number of amides is 2. The Morgan fingerprint density at radius 1 is 0.756 bits per heavy atom. The number of ketones is 1. The Balaban J connectivity index is 1.33. The lowest BCUT2D eigenvalue weighted by Crippen LogP contribution is -2.52. The molecule has 9 heteroatoms. The molecule has 45 heavy (non-hydrogen) atoms. The second kappa shape index (κ2) is 14.6. The summed E-state index contributed by atoms with van der Waals surface area (Å²) < 4.78 is 5.65. The summed E-state index contributed by atoms with van der Waals surface area (Å²) in [6.45, 7) is 3.77. The smallest absolute Gasteiger partial charge is 0.286 e. The van der Waals surface area contributed by atoms with Gasteiger partial charge in [-0.1, -0.05) is 104 Å². The lowest BCUT2D eigenvalue weighted by Gasteiger charge is -2.24.